The molecule has 0 atom stereocenters. The summed E-state index contributed by atoms with van der Waals surface area (Å²) < 4.78 is 0. The maximum atomic E-state index is 6.11. The lowest BCUT2D eigenvalue weighted by Gasteiger charge is -2.08. The van der Waals surface area contributed by atoms with Gasteiger partial charge in [0, 0.05) is 17.3 Å². The van der Waals surface area contributed by atoms with Crippen LogP contribution in [0.3, 0.4) is 0 Å². The van der Waals surface area contributed by atoms with Crippen LogP contribution in [0.2, 0.25) is 0 Å². The first kappa shape index (κ1) is 7.15. The average molecular weight is 172 g/mol. The molecule has 1 aliphatic rings. The van der Waals surface area contributed by atoms with Gasteiger partial charge in [0.05, 0.1) is 0 Å². The van der Waals surface area contributed by atoms with Crippen LogP contribution in [0.25, 0.3) is 10.9 Å². The van der Waals surface area contributed by atoms with Crippen LogP contribution in [-0.2, 0) is 5.54 Å². The minimum Gasteiger partial charge on any atom is -0.361 e. The summed E-state index contributed by atoms with van der Waals surface area (Å²) in [5, 5.41) is 1.26. The highest BCUT2D eigenvalue weighted by Crippen LogP contribution is 2.43. The van der Waals surface area contributed by atoms with Crippen LogP contribution in [0, 0.1) is 0 Å². The van der Waals surface area contributed by atoms with Crippen molar-refractivity contribution in [3.63, 3.8) is 0 Å². The smallest absolute Gasteiger partial charge is 0.0457 e. The Bertz CT molecular complexity index is 452. The number of nitrogens with one attached hydrogen (secondary N) is 1. The molecule has 13 heavy (non-hydrogen) atoms. The van der Waals surface area contributed by atoms with Crippen LogP contribution in [-0.4, -0.2) is 4.98 Å². The fourth-order valence-electron chi connectivity index (χ4n) is 1.78. The normalized spacial score (nSPS) is 19.2. The van der Waals surface area contributed by atoms with Gasteiger partial charge >= 0.3 is 0 Å². The predicted molar refractivity (Wildman–Crippen MR) is 53.4 cm³/mol. The van der Waals surface area contributed by atoms with E-state index in [4.69, 9.17) is 5.73 Å². The van der Waals surface area contributed by atoms with Crippen LogP contribution >= 0.6 is 0 Å². The molecule has 0 aliphatic heterocycles. The molecule has 0 saturated heterocycles. The Morgan fingerprint density at radius 2 is 2.08 bits per heavy atom. The van der Waals surface area contributed by atoms with Crippen molar-refractivity contribution in [3.05, 3.63) is 36.0 Å². The third-order valence-corrected chi connectivity index (χ3v) is 2.92. The quantitative estimate of drug-likeness (QED) is 0.679. The average Bonchev–Trinajstić information content (AvgIpc) is 2.74. The molecule has 1 aromatic heterocycles. The Morgan fingerprint density at radius 3 is 2.85 bits per heavy atom. The van der Waals surface area contributed by atoms with E-state index < -0.39 is 0 Å². The van der Waals surface area contributed by atoms with Crippen molar-refractivity contribution >= 4 is 10.9 Å². The van der Waals surface area contributed by atoms with Crippen LogP contribution in [0.1, 0.15) is 18.4 Å². The number of hydrogen-bond acceptors (Lipinski definition) is 1. The number of rotatable bonds is 1. The molecule has 2 aromatic rings. The fourth-order valence-corrected chi connectivity index (χ4v) is 1.78. The van der Waals surface area contributed by atoms with Crippen molar-refractivity contribution in [3.8, 4) is 0 Å². The lowest BCUT2D eigenvalue weighted by molar-refractivity contribution is 0.741. The molecule has 1 aliphatic carbocycles. The summed E-state index contributed by atoms with van der Waals surface area (Å²) in [6, 6.07) is 8.52. The first-order valence-corrected chi connectivity index (χ1v) is 4.64. The van der Waals surface area contributed by atoms with Crippen molar-refractivity contribution in [1.29, 1.82) is 0 Å². The van der Waals surface area contributed by atoms with E-state index in [-0.39, 0.29) is 5.54 Å². The molecule has 1 heterocycles. The summed E-state index contributed by atoms with van der Waals surface area (Å²) in [7, 11) is 0. The molecule has 3 N–H and O–H groups in total. The van der Waals surface area contributed by atoms with Crippen molar-refractivity contribution < 1.29 is 0 Å². The molecular formula is C11H12N2. The second kappa shape index (κ2) is 2.15. The van der Waals surface area contributed by atoms with E-state index in [2.05, 4.69) is 29.2 Å². The molecule has 0 bridgehead atoms. The van der Waals surface area contributed by atoms with Gasteiger partial charge in [-0.1, -0.05) is 12.1 Å². The number of nitrogens with two attached hydrogens (primary N) is 1. The lowest BCUT2D eigenvalue weighted by Crippen LogP contribution is -2.18. The molecule has 0 unspecified atom stereocenters. The molecule has 1 fully saturated rings. The van der Waals surface area contributed by atoms with Crippen molar-refractivity contribution in [2.24, 2.45) is 5.73 Å². The second-order valence-electron chi connectivity index (χ2n) is 3.94. The van der Waals surface area contributed by atoms with Crippen LogP contribution in [0.15, 0.2) is 30.5 Å². The van der Waals surface area contributed by atoms with Gasteiger partial charge in [-0.05, 0) is 35.9 Å². The standard InChI is InChI=1S/C11H12N2/c12-11(4-5-11)9-2-1-8-3-6-13-10(8)7-9/h1-3,6-7,13H,4-5,12H2. The second-order valence-corrected chi connectivity index (χ2v) is 3.94. The minimum atomic E-state index is -0.0146. The summed E-state index contributed by atoms with van der Waals surface area (Å²) >= 11 is 0. The van der Waals surface area contributed by atoms with E-state index in [1.54, 1.807) is 0 Å². The molecule has 1 aromatic carbocycles. The van der Waals surface area contributed by atoms with E-state index in [9.17, 15) is 0 Å². The largest absolute Gasteiger partial charge is 0.361 e. The van der Waals surface area contributed by atoms with E-state index in [0.29, 0.717) is 0 Å². The summed E-state index contributed by atoms with van der Waals surface area (Å²) in [6.45, 7) is 0. The number of benzene rings is 1. The van der Waals surface area contributed by atoms with Gasteiger partial charge in [-0.25, -0.2) is 0 Å². The summed E-state index contributed by atoms with van der Waals surface area (Å²) in [5.41, 5.74) is 8.55. The van der Waals surface area contributed by atoms with E-state index >= 15 is 0 Å². The van der Waals surface area contributed by atoms with Crippen LogP contribution < -0.4 is 5.73 Å². The predicted octanol–water partition coefficient (Wildman–Crippen LogP) is 2.12. The number of aromatic nitrogens is 1. The molecule has 1 saturated carbocycles. The van der Waals surface area contributed by atoms with Gasteiger partial charge in [-0.15, -0.1) is 0 Å². The highest BCUT2D eigenvalue weighted by Gasteiger charge is 2.39. The highest BCUT2D eigenvalue weighted by molar-refractivity contribution is 5.80. The number of hydrogen-bond donors (Lipinski definition) is 2. The van der Waals surface area contributed by atoms with Gasteiger partial charge < -0.3 is 10.7 Å². The first-order valence-electron chi connectivity index (χ1n) is 4.64. The molecule has 2 nitrogen and oxygen atoms in total. The number of fused-ring (bicyclic) bond motifs is 1. The Labute approximate surface area is 76.8 Å². The Balaban J connectivity index is 2.20. The highest BCUT2D eigenvalue weighted by atomic mass is 14.8. The van der Waals surface area contributed by atoms with Crippen molar-refractivity contribution in [2.75, 3.05) is 0 Å². The maximum Gasteiger partial charge on any atom is 0.0457 e. The van der Waals surface area contributed by atoms with Gasteiger partial charge in [-0.3, -0.25) is 0 Å². The summed E-state index contributed by atoms with van der Waals surface area (Å²) in [5.74, 6) is 0. The molecule has 0 amide bonds. The Hall–Kier alpha value is -1.28. The van der Waals surface area contributed by atoms with Gasteiger partial charge in [0.1, 0.15) is 0 Å². The van der Waals surface area contributed by atoms with E-state index in [1.165, 1.54) is 16.5 Å². The van der Waals surface area contributed by atoms with Gasteiger partial charge in [-0.2, -0.15) is 0 Å². The first-order chi connectivity index (χ1) is 6.28. The van der Waals surface area contributed by atoms with E-state index in [1.807, 2.05) is 6.20 Å². The summed E-state index contributed by atoms with van der Waals surface area (Å²) in [6.07, 6.45) is 4.21. The maximum absolute atomic E-state index is 6.11. The zero-order valence-electron chi connectivity index (χ0n) is 7.38. The van der Waals surface area contributed by atoms with Gasteiger partial charge in [0.15, 0.2) is 0 Å². The Morgan fingerprint density at radius 1 is 1.23 bits per heavy atom. The van der Waals surface area contributed by atoms with Gasteiger partial charge in [0.2, 0.25) is 0 Å². The van der Waals surface area contributed by atoms with Crippen LogP contribution in [0.4, 0.5) is 0 Å². The monoisotopic (exact) mass is 172 g/mol. The molecule has 3 rings (SSSR count). The third-order valence-electron chi connectivity index (χ3n) is 2.92. The SMILES string of the molecule is NC1(c2ccc3cc[nH]c3c2)CC1. The molecule has 2 heteroatoms. The van der Waals surface area contributed by atoms with Crippen LogP contribution in [0.5, 0.6) is 0 Å². The zero-order chi connectivity index (χ0) is 8.89. The topological polar surface area (TPSA) is 41.8 Å². The van der Waals surface area contributed by atoms with Crippen molar-refractivity contribution in [1.82, 2.24) is 4.98 Å². The van der Waals surface area contributed by atoms with Crippen molar-refractivity contribution in [2.45, 2.75) is 18.4 Å². The third kappa shape index (κ3) is 0.988. The van der Waals surface area contributed by atoms with E-state index in [0.717, 1.165) is 12.8 Å². The minimum absolute atomic E-state index is 0.0146. The number of H-pyrrole nitrogens is 1. The molecule has 0 radical (unpaired) electrons. The number of aromatic amines is 1. The molecule has 66 valence electrons. The molecule has 0 spiro atoms. The summed E-state index contributed by atoms with van der Waals surface area (Å²) in [4.78, 5) is 3.20. The zero-order valence-corrected chi connectivity index (χ0v) is 7.38. The Kier molecular flexibility index (Phi) is 1.18. The fraction of sp³-hybridized carbons (Fsp3) is 0.273. The van der Waals surface area contributed by atoms with Gasteiger partial charge in [0.25, 0.3) is 0 Å². The molecular weight excluding hydrogens is 160 g/mol. The lowest BCUT2D eigenvalue weighted by atomic mass is 10.0.